The first-order valence-electron chi connectivity index (χ1n) is 15.4. The number of rotatable bonds is 20. The second kappa shape index (κ2) is 20.4. The van der Waals surface area contributed by atoms with Gasteiger partial charge < -0.3 is 37.2 Å². The van der Waals surface area contributed by atoms with E-state index in [2.05, 4.69) is 21.3 Å². The van der Waals surface area contributed by atoms with Crippen LogP contribution in [0.5, 0.6) is 5.75 Å². The number of hydrogen-bond donors (Lipinski definition) is 7. The topological polar surface area (TPSA) is 183 Å². The Balaban J connectivity index is 1.98. The molecule has 3 atom stereocenters. The van der Waals surface area contributed by atoms with Gasteiger partial charge in [0.1, 0.15) is 17.8 Å². The van der Waals surface area contributed by atoms with Gasteiger partial charge in [-0.3, -0.25) is 19.2 Å². The Hall–Kier alpha value is -3.61. The van der Waals surface area contributed by atoms with Crippen molar-refractivity contribution < 1.29 is 29.4 Å². The normalized spacial score (nSPS) is 12.9. The summed E-state index contributed by atoms with van der Waals surface area (Å²) >= 11 is 1.52. The Morgan fingerprint density at radius 1 is 0.844 bits per heavy atom. The first-order valence-corrected chi connectivity index (χ1v) is 16.8. The highest BCUT2D eigenvalue weighted by atomic mass is 32.2. The molecule has 2 rings (SSSR count). The van der Waals surface area contributed by atoms with Gasteiger partial charge in [-0.25, -0.2) is 0 Å². The summed E-state index contributed by atoms with van der Waals surface area (Å²) in [6.07, 6.45) is 5.96. The Morgan fingerprint density at radius 2 is 1.49 bits per heavy atom. The molecule has 45 heavy (non-hydrogen) atoms. The van der Waals surface area contributed by atoms with Gasteiger partial charge >= 0.3 is 0 Å². The first-order chi connectivity index (χ1) is 21.5. The maximum atomic E-state index is 13.1. The molecule has 0 aromatic heterocycles. The average Bonchev–Trinajstić information content (AvgIpc) is 3.01. The number of thioether (sulfide) groups is 1. The molecule has 0 spiro atoms. The number of nitrogens with two attached hydrogens (primary N) is 1. The van der Waals surface area contributed by atoms with E-state index in [0.717, 1.165) is 47.9 Å². The Bertz CT molecular complexity index is 1220. The second-order valence-electron chi connectivity index (χ2n) is 11.2. The van der Waals surface area contributed by atoms with Crippen molar-refractivity contribution in [1.29, 1.82) is 0 Å². The number of nitrogens with one attached hydrogen (secondary N) is 4. The van der Waals surface area contributed by atoms with E-state index >= 15 is 0 Å². The number of phenolic OH excluding ortho intramolecular Hbond substituents is 1. The van der Waals surface area contributed by atoms with Crippen molar-refractivity contribution in [3.63, 3.8) is 0 Å². The largest absolute Gasteiger partial charge is 0.508 e. The summed E-state index contributed by atoms with van der Waals surface area (Å²) in [6, 6.07) is 9.88. The maximum Gasteiger partial charge on any atom is 0.243 e. The molecule has 0 aliphatic rings. The third-order valence-corrected chi connectivity index (χ3v) is 8.07. The lowest BCUT2D eigenvalue weighted by Gasteiger charge is -2.22. The molecule has 0 heterocycles. The zero-order valence-electron chi connectivity index (χ0n) is 26.6. The van der Waals surface area contributed by atoms with Crippen molar-refractivity contribution in [2.75, 3.05) is 31.7 Å². The molecule has 2 aromatic carbocycles. The molecule has 12 heteroatoms. The molecule has 0 aliphatic heterocycles. The molecular formula is C33H49N5O6S. The molecule has 0 aliphatic carbocycles. The van der Waals surface area contributed by atoms with Crippen LogP contribution in [0.1, 0.15) is 54.4 Å². The number of aliphatic hydroxyl groups is 1. The highest BCUT2D eigenvalue weighted by Gasteiger charge is 2.26. The number of aliphatic hydroxyl groups excluding tert-OH is 1. The van der Waals surface area contributed by atoms with E-state index in [9.17, 15) is 24.3 Å². The van der Waals surface area contributed by atoms with Crippen LogP contribution >= 0.6 is 11.8 Å². The summed E-state index contributed by atoms with van der Waals surface area (Å²) in [6.45, 7) is 3.89. The van der Waals surface area contributed by atoms with Gasteiger partial charge in [0.15, 0.2) is 0 Å². The SMILES string of the molecule is CSCC[C@@H](NC(=O)[C@H](N)Cc1c(C)cc(O)cc1C)C(=O)NCC(=O)N[C@@H](Cc1ccccc1)C(=O)NCCCCCCO. The molecule has 0 fully saturated rings. The highest BCUT2D eigenvalue weighted by Crippen LogP contribution is 2.22. The second-order valence-corrected chi connectivity index (χ2v) is 12.2. The lowest BCUT2D eigenvalue weighted by Crippen LogP contribution is -2.54. The van der Waals surface area contributed by atoms with E-state index in [-0.39, 0.29) is 37.6 Å². The summed E-state index contributed by atoms with van der Waals surface area (Å²) in [5.74, 6) is -1.14. The Labute approximate surface area is 270 Å². The van der Waals surface area contributed by atoms with Crippen LogP contribution < -0.4 is 27.0 Å². The van der Waals surface area contributed by atoms with E-state index in [1.165, 1.54) is 11.8 Å². The molecule has 0 saturated heterocycles. The van der Waals surface area contributed by atoms with E-state index in [1.807, 2.05) is 50.4 Å². The number of aryl methyl sites for hydroxylation is 2. The van der Waals surface area contributed by atoms with Crippen molar-refractivity contribution in [3.05, 3.63) is 64.7 Å². The molecule has 0 unspecified atom stereocenters. The van der Waals surface area contributed by atoms with Gasteiger partial charge in [-0.05, 0) is 85.9 Å². The van der Waals surface area contributed by atoms with Crippen LogP contribution in [0.2, 0.25) is 0 Å². The van der Waals surface area contributed by atoms with Crippen LogP contribution in [0.15, 0.2) is 42.5 Å². The van der Waals surface area contributed by atoms with Crippen molar-refractivity contribution in [2.24, 2.45) is 5.73 Å². The highest BCUT2D eigenvalue weighted by molar-refractivity contribution is 7.98. The zero-order valence-corrected chi connectivity index (χ0v) is 27.4. The molecule has 11 nitrogen and oxygen atoms in total. The number of amides is 4. The summed E-state index contributed by atoms with van der Waals surface area (Å²) in [7, 11) is 0. The van der Waals surface area contributed by atoms with Crippen molar-refractivity contribution in [1.82, 2.24) is 21.3 Å². The molecule has 248 valence electrons. The van der Waals surface area contributed by atoms with Crippen LogP contribution in [0.3, 0.4) is 0 Å². The van der Waals surface area contributed by atoms with Crippen molar-refractivity contribution in [2.45, 2.75) is 76.9 Å². The number of hydrogen-bond acceptors (Lipinski definition) is 8. The summed E-state index contributed by atoms with van der Waals surface area (Å²) in [5, 5.41) is 29.7. The number of unbranched alkanes of at least 4 members (excludes halogenated alkanes) is 3. The molecule has 0 bridgehead atoms. The van der Waals surface area contributed by atoms with Gasteiger partial charge in [-0.2, -0.15) is 11.8 Å². The van der Waals surface area contributed by atoms with Gasteiger partial charge in [0, 0.05) is 19.6 Å². The van der Waals surface area contributed by atoms with Crippen LogP contribution in [-0.4, -0.2) is 83.7 Å². The van der Waals surface area contributed by atoms with Gasteiger partial charge in [0.2, 0.25) is 23.6 Å². The quantitative estimate of drug-likeness (QED) is 0.106. The standard InChI is InChI=1S/C33H49N5O6S/c1-22-17-25(40)18-23(2)26(22)20-27(34)31(42)38-28(13-16-45-3)32(43)36-21-30(41)37-29(19-24-11-7-6-8-12-24)33(44)35-14-9-4-5-10-15-39/h6-8,11-12,17-18,27-29,39-40H,4-5,9-10,13-16,19-21,34H2,1-3H3,(H,35,44)(H,36,43)(H,37,41)(H,38,42)/t27-,28-,29+/m1/s1. The number of carbonyl (C=O) groups excluding carboxylic acids is 4. The minimum atomic E-state index is -0.924. The summed E-state index contributed by atoms with van der Waals surface area (Å²) < 4.78 is 0. The predicted octanol–water partition coefficient (Wildman–Crippen LogP) is 1.63. The third-order valence-electron chi connectivity index (χ3n) is 7.43. The van der Waals surface area contributed by atoms with Gasteiger partial charge in [0.25, 0.3) is 0 Å². The fraction of sp³-hybridized carbons (Fsp3) is 0.515. The Kier molecular flexibility index (Phi) is 17.1. The predicted molar refractivity (Wildman–Crippen MR) is 178 cm³/mol. The lowest BCUT2D eigenvalue weighted by molar-refractivity contribution is -0.131. The van der Waals surface area contributed by atoms with Gasteiger partial charge in [-0.15, -0.1) is 0 Å². The number of benzene rings is 2. The monoisotopic (exact) mass is 643 g/mol. The van der Waals surface area contributed by atoms with E-state index in [0.29, 0.717) is 18.7 Å². The number of carbonyl (C=O) groups is 4. The van der Waals surface area contributed by atoms with Gasteiger partial charge in [0.05, 0.1) is 12.6 Å². The van der Waals surface area contributed by atoms with Crippen LogP contribution in [0.25, 0.3) is 0 Å². The number of phenols is 1. The van der Waals surface area contributed by atoms with Crippen molar-refractivity contribution in [3.8, 4) is 5.75 Å². The minimum Gasteiger partial charge on any atom is -0.508 e. The van der Waals surface area contributed by atoms with Crippen LogP contribution in [0.4, 0.5) is 0 Å². The third kappa shape index (κ3) is 13.9. The molecule has 2 aromatic rings. The average molecular weight is 644 g/mol. The lowest BCUT2D eigenvalue weighted by atomic mass is 9.96. The van der Waals surface area contributed by atoms with Crippen molar-refractivity contribution >= 4 is 35.4 Å². The van der Waals surface area contributed by atoms with E-state index in [4.69, 9.17) is 10.8 Å². The minimum absolute atomic E-state index is 0.141. The van der Waals surface area contributed by atoms with E-state index < -0.39 is 35.8 Å². The molecule has 4 amide bonds. The van der Waals surface area contributed by atoms with Crippen LogP contribution in [-0.2, 0) is 32.0 Å². The molecular weight excluding hydrogens is 594 g/mol. The van der Waals surface area contributed by atoms with E-state index in [1.54, 1.807) is 12.1 Å². The van der Waals surface area contributed by atoms with Crippen LogP contribution in [0, 0.1) is 13.8 Å². The fourth-order valence-electron chi connectivity index (χ4n) is 4.91. The first kappa shape index (κ1) is 37.6. The number of aromatic hydroxyl groups is 1. The summed E-state index contributed by atoms with van der Waals surface area (Å²) in [5.41, 5.74) is 9.57. The molecule has 8 N–H and O–H groups in total. The molecule has 0 radical (unpaired) electrons. The Morgan fingerprint density at radius 3 is 2.13 bits per heavy atom. The summed E-state index contributed by atoms with van der Waals surface area (Å²) in [4.78, 5) is 52.0. The molecule has 0 saturated carbocycles. The smallest absolute Gasteiger partial charge is 0.243 e. The van der Waals surface area contributed by atoms with Gasteiger partial charge in [-0.1, -0.05) is 43.2 Å². The maximum absolute atomic E-state index is 13.1. The fourth-order valence-corrected chi connectivity index (χ4v) is 5.38. The zero-order chi connectivity index (χ0) is 33.2.